The van der Waals surface area contributed by atoms with Gasteiger partial charge in [0.25, 0.3) is 0 Å². The Morgan fingerprint density at radius 3 is 2.56 bits per heavy atom. The Hall–Kier alpha value is 1.48. The van der Waals surface area contributed by atoms with Gasteiger partial charge in [-0.2, -0.15) is 0 Å². The summed E-state index contributed by atoms with van der Waals surface area (Å²) in [6, 6.07) is 0.492. The minimum Gasteiger partial charge on any atom is -0.382 e. The third-order valence-corrected chi connectivity index (χ3v) is 3.70. The lowest BCUT2D eigenvalue weighted by atomic mass is 9.97. The Balaban J connectivity index is 2.38. The topological polar surface area (TPSA) is 9.23 Å². The second kappa shape index (κ2) is 3.76. The van der Waals surface area contributed by atoms with Gasteiger partial charge in [-0.25, -0.2) is 0 Å². The second-order valence-corrected chi connectivity index (χ2v) is 4.87. The van der Waals surface area contributed by atoms with Crippen molar-refractivity contribution in [1.82, 2.24) is 0 Å². The van der Waals surface area contributed by atoms with E-state index in [1.807, 2.05) is 0 Å². The van der Waals surface area contributed by atoms with Crippen LogP contribution in [0, 0.1) is 0 Å². The summed E-state index contributed by atoms with van der Waals surface area (Å²) < 4.78 is 7.49. The molecule has 1 nitrogen and oxygen atoms in total. The van der Waals surface area contributed by atoms with Crippen LogP contribution < -0.4 is 0 Å². The first kappa shape index (κ1) is 8.58. The number of halogens is 2. The summed E-state index contributed by atoms with van der Waals surface area (Å²) in [6.07, 6.45) is 1.75. The molecule has 0 aromatic rings. The fourth-order valence-electron chi connectivity index (χ4n) is 1.04. The predicted molar refractivity (Wildman–Crippen MR) is 58.5 cm³/mol. The minimum absolute atomic E-state index is 0.492. The van der Waals surface area contributed by atoms with Crippen LogP contribution >= 0.6 is 45.2 Å². The molecule has 0 spiro atoms. The molecule has 1 fully saturated rings. The Bertz CT molecular complexity index is 101. The summed E-state index contributed by atoms with van der Waals surface area (Å²) in [4.78, 5) is 0. The molecule has 1 aliphatic rings. The van der Waals surface area contributed by atoms with E-state index in [0.717, 1.165) is 8.35 Å². The van der Waals surface area contributed by atoms with Crippen LogP contribution in [-0.2, 0) is 4.74 Å². The lowest BCUT2D eigenvalue weighted by Gasteiger charge is -2.08. The molecule has 1 rings (SSSR count). The first-order valence-corrected chi connectivity index (χ1v) is 5.86. The third-order valence-electron chi connectivity index (χ3n) is 1.52. The van der Waals surface area contributed by atoms with Gasteiger partial charge in [-0.3, -0.25) is 0 Å². The lowest BCUT2D eigenvalue weighted by molar-refractivity contribution is 0.109. The van der Waals surface area contributed by atoms with E-state index in [1.165, 1.54) is 6.42 Å². The van der Waals surface area contributed by atoms with Gasteiger partial charge in [0, 0.05) is 14.4 Å². The molecule has 0 aromatic heterocycles. The Morgan fingerprint density at radius 1 is 1.67 bits per heavy atom. The third kappa shape index (κ3) is 2.22. The zero-order valence-electron chi connectivity index (χ0n) is 5.31. The van der Waals surface area contributed by atoms with Gasteiger partial charge in [0.2, 0.25) is 0 Å². The smallest absolute Gasteiger partial charge is 0.139 e. The van der Waals surface area contributed by atoms with E-state index in [-0.39, 0.29) is 0 Å². The van der Waals surface area contributed by atoms with Crippen LogP contribution in [-0.4, -0.2) is 28.3 Å². The molecule has 1 aliphatic heterocycles. The number of hydrogen-bond donors (Lipinski definition) is 0. The summed E-state index contributed by atoms with van der Waals surface area (Å²) in [5.41, 5.74) is 0. The van der Waals surface area contributed by atoms with E-state index in [9.17, 15) is 0 Å². The van der Waals surface area contributed by atoms with Crippen LogP contribution in [0.5, 0.6) is 0 Å². The molecule has 1 saturated heterocycles. The SMILES string of the molecule is B[C@H]1C[C@@H](I)[C@H](CI)O1. The van der Waals surface area contributed by atoms with E-state index in [0.29, 0.717) is 12.1 Å². The van der Waals surface area contributed by atoms with Crippen LogP contribution in [0.15, 0.2) is 0 Å². The van der Waals surface area contributed by atoms with Gasteiger partial charge < -0.3 is 4.74 Å². The van der Waals surface area contributed by atoms with Crippen molar-refractivity contribution in [3.8, 4) is 0 Å². The highest BCUT2D eigenvalue weighted by molar-refractivity contribution is 14.1. The number of hydrogen-bond acceptors (Lipinski definition) is 1. The van der Waals surface area contributed by atoms with Crippen LogP contribution in [0.2, 0.25) is 0 Å². The van der Waals surface area contributed by atoms with Crippen LogP contribution in [0.4, 0.5) is 0 Å². The first-order chi connectivity index (χ1) is 4.24. The van der Waals surface area contributed by atoms with Gasteiger partial charge in [-0.1, -0.05) is 45.2 Å². The molecule has 9 heavy (non-hydrogen) atoms. The van der Waals surface area contributed by atoms with Crippen LogP contribution in [0.25, 0.3) is 0 Å². The van der Waals surface area contributed by atoms with Crippen molar-refractivity contribution in [2.24, 2.45) is 0 Å². The molecule has 4 heteroatoms. The second-order valence-electron chi connectivity index (χ2n) is 2.39. The number of rotatable bonds is 1. The molecule has 0 amide bonds. The normalized spacial score (nSPS) is 43.6. The van der Waals surface area contributed by atoms with Gasteiger partial charge in [0.1, 0.15) is 7.85 Å². The van der Waals surface area contributed by atoms with Gasteiger partial charge in [0.05, 0.1) is 6.10 Å². The van der Waals surface area contributed by atoms with Crippen LogP contribution in [0.3, 0.4) is 0 Å². The summed E-state index contributed by atoms with van der Waals surface area (Å²) in [7, 11) is 2.15. The van der Waals surface area contributed by atoms with Crippen molar-refractivity contribution in [1.29, 1.82) is 0 Å². The highest BCUT2D eigenvalue weighted by atomic mass is 127. The molecule has 3 atom stereocenters. The maximum Gasteiger partial charge on any atom is 0.139 e. The maximum absolute atomic E-state index is 5.61. The zero-order chi connectivity index (χ0) is 6.85. The highest BCUT2D eigenvalue weighted by Gasteiger charge is 2.29. The van der Waals surface area contributed by atoms with Crippen molar-refractivity contribution in [2.45, 2.75) is 22.5 Å². The summed E-state index contributed by atoms with van der Waals surface area (Å²) in [6.45, 7) is 0. The van der Waals surface area contributed by atoms with E-state index in [1.54, 1.807) is 0 Å². The molecule has 0 N–H and O–H groups in total. The van der Waals surface area contributed by atoms with Gasteiger partial charge in [0.15, 0.2) is 0 Å². The highest BCUT2D eigenvalue weighted by Crippen LogP contribution is 2.26. The number of alkyl halides is 2. The average molecular weight is 350 g/mol. The largest absolute Gasteiger partial charge is 0.382 e. The fourth-order valence-corrected chi connectivity index (χ4v) is 3.98. The monoisotopic (exact) mass is 350 g/mol. The molecule has 52 valence electrons. The van der Waals surface area contributed by atoms with Crippen molar-refractivity contribution in [3.63, 3.8) is 0 Å². The Kier molecular flexibility index (Phi) is 3.58. The van der Waals surface area contributed by atoms with E-state index < -0.39 is 0 Å². The molecule has 0 saturated carbocycles. The average Bonchev–Trinajstić information content (AvgIpc) is 2.10. The summed E-state index contributed by atoms with van der Waals surface area (Å²) in [5.74, 6) is 0. The Morgan fingerprint density at radius 2 is 2.33 bits per heavy atom. The van der Waals surface area contributed by atoms with Gasteiger partial charge in [-0.05, 0) is 6.42 Å². The fraction of sp³-hybridized carbons (Fsp3) is 1.00. The van der Waals surface area contributed by atoms with Gasteiger partial charge >= 0.3 is 0 Å². The van der Waals surface area contributed by atoms with Crippen molar-refractivity contribution < 1.29 is 4.74 Å². The lowest BCUT2D eigenvalue weighted by Crippen LogP contribution is -2.17. The van der Waals surface area contributed by atoms with E-state index >= 15 is 0 Å². The molecular weight excluding hydrogens is 341 g/mol. The Labute approximate surface area is 84.0 Å². The predicted octanol–water partition coefficient (Wildman–Crippen LogP) is 0.973. The van der Waals surface area contributed by atoms with Crippen molar-refractivity contribution >= 4 is 53.0 Å². The molecule has 0 aromatic carbocycles. The van der Waals surface area contributed by atoms with E-state index in [2.05, 4.69) is 53.0 Å². The van der Waals surface area contributed by atoms with Crippen molar-refractivity contribution in [3.05, 3.63) is 0 Å². The zero-order valence-corrected chi connectivity index (χ0v) is 9.63. The summed E-state index contributed by atoms with van der Waals surface area (Å²) >= 11 is 4.86. The van der Waals surface area contributed by atoms with Gasteiger partial charge in [-0.15, -0.1) is 0 Å². The molecular formula is C5H9BI2O. The quantitative estimate of drug-likeness (QED) is 0.389. The molecule has 0 aliphatic carbocycles. The van der Waals surface area contributed by atoms with Crippen molar-refractivity contribution in [2.75, 3.05) is 4.43 Å². The molecule has 0 radical (unpaired) electrons. The maximum atomic E-state index is 5.61. The number of ether oxygens (including phenoxy) is 1. The molecule has 0 unspecified atom stereocenters. The summed E-state index contributed by atoms with van der Waals surface area (Å²) in [5, 5.41) is 0. The standard InChI is InChI=1S/C5H9BI2O/c6-5-1-3(8)4(2-7)9-5/h3-5H,1-2,6H2/t3-,4+,5-/m1/s1. The van der Waals surface area contributed by atoms with Crippen LogP contribution in [0.1, 0.15) is 6.42 Å². The van der Waals surface area contributed by atoms with E-state index in [4.69, 9.17) is 4.74 Å². The first-order valence-electron chi connectivity index (χ1n) is 3.09. The molecule has 1 heterocycles. The minimum atomic E-state index is 0.492. The molecule has 0 bridgehead atoms.